The first-order valence-electron chi connectivity index (χ1n) is 12.4. The molecule has 0 radical (unpaired) electrons. The summed E-state index contributed by atoms with van der Waals surface area (Å²) in [6, 6.07) is 14.9. The van der Waals surface area contributed by atoms with Crippen molar-refractivity contribution < 1.29 is 24.2 Å². The van der Waals surface area contributed by atoms with E-state index in [-0.39, 0.29) is 24.0 Å². The van der Waals surface area contributed by atoms with E-state index in [2.05, 4.69) is 36.6 Å². The highest BCUT2D eigenvalue weighted by molar-refractivity contribution is 5.89. The van der Waals surface area contributed by atoms with Gasteiger partial charge in [-0.1, -0.05) is 62.4 Å². The fourth-order valence-corrected chi connectivity index (χ4v) is 6.43. The minimum Gasteiger partial charge on any atom is -0.481 e. The molecule has 4 aliphatic carbocycles. The predicted molar refractivity (Wildman–Crippen MR) is 131 cm³/mol. The number of rotatable bonds is 7. The van der Waals surface area contributed by atoms with Crippen LogP contribution in [0.1, 0.15) is 56.6 Å². The molecule has 7 heteroatoms. The summed E-state index contributed by atoms with van der Waals surface area (Å²) in [6.07, 6.45) is 1.73. The molecule has 0 spiro atoms. The Morgan fingerprint density at radius 1 is 1.03 bits per heavy atom. The number of aliphatic carboxylic acids is 1. The van der Waals surface area contributed by atoms with Crippen molar-refractivity contribution in [3.8, 4) is 11.1 Å². The lowest BCUT2D eigenvalue weighted by Gasteiger charge is -2.60. The minimum atomic E-state index is -1.19. The zero-order chi connectivity index (χ0) is 24.7. The zero-order valence-corrected chi connectivity index (χ0v) is 20.1. The van der Waals surface area contributed by atoms with Crippen molar-refractivity contribution in [2.75, 3.05) is 6.61 Å². The minimum absolute atomic E-state index is 0.00288. The monoisotopic (exact) mass is 476 g/mol. The predicted octanol–water partition coefficient (Wildman–Crippen LogP) is 4.31. The average molecular weight is 477 g/mol. The fourth-order valence-electron chi connectivity index (χ4n) is 6.43. The number of hydrogen-bond acceptors (Lipinski definition) is 4. The molecule has 0 saturated heterocycles. The van der Waals surface area contributed by atoms with Crippen molar-refractivity contribution >= 4 is 18.0 Å². The molecular formula is C28H32N2O5. The number of carbonyl (C=O) groups excluding carboxylic acids is 2. The van der Waals surface area contributed by atoms with E-state index in [1.54, 1.807) is 0 Å². The standard InChI is InChI=1S/C28H32N2O5/c1-28(2)16-11-12-23(22(28)13-16)29-26(33)24(14-25(31)32)30-27(34)35-15-21-19-9-5-3-7-17(19)18-8-4-6-10-20(18)21/h3-10,16,21-24H,11-15H2,1-2H3,(H,29,33)(H,30,34)(H,31,32). The van der Waals surface area contributed by atoms with Crippen LogP contribution in [0.4, 0.5) is 4.79 Å². The van der Waals surface area contributed by atoms with Crippen molar-refractivity contribution in [3.05, 3.63) is 59.7 Å². The number of ether oxygens (including phenoxy) is 1. The maximum Gasteiger partial charge on any atom is 0.407 e. The number of carbonyl (C=O) groups is 3. The average Bonchev–Trinajstić information content (AvgIpc) is 3.15. The summed E-state index contributed by atoms with van der Waals surface area (Å²) in [5.41, 5.74) is 4.58. The lowest BCUT2D eigenvalue weighted by molar-refractivity contribution is -0.141. The highest BCUT2D eigenvalue weighted by Crippen LogP contribution is 2.59. The molecule has 0 aromatic heterocycles. The highest BCUT2D eigenvalue weighted by atomic mass is 16.5. The molecule has 0 heterocycles. The second kappa shape index (κ2) is 9.02. The van der Waals surface area contributed by atoms with Gasteiger partial charge in [0, 0.05) is 12.0 Å². The molecule has 3 fully saturated rings. The van der Waals surface area contributed by atoms with Crippen LogP contribution in [0.25, 0.3) is 11.1 Å². The van der Waals surface area contributed by atoms with Crippen LogP contribution in [0.15, 0.2) is 48.5 Å². The molecule has 3 N–H and O–H groups in total. The van der Waals surface area contributed by atoms with Crippen LogP contribution < -0.4 is 10.6 Å². The topological polar surface area (TPSA) is 105 Å². The first kappa shape index (κ1) is 23.4. The molecule has 184 valence electrons. The number of amides is 2. The molecule has 4 unspecified atom stereocenters. The number of carboxylic acids is 1. The maximum absolute atomic E-state index is 13.0. The molecule has 2 amide bonds. The van der Waals surface area contributed by atoms with Crippen molar-refractivity contribution in [3.63, 3.8) is 0 Å². The summed E-state index contributed by atoms with van der Waals surface area (Å²) in [5.74, 6) is -0.667. The van der Waals surface area contributed by atoms with Crippen molar-refractivity contribution in [1.82, 2.24) is 10.6 Å². The Bertz CT molecular complexity index is 1110. The van der Waals surface area contributed by atoms with E-state index >= 15 is 0 Å². The van der Waals surface area contributed by atoms with E-state index < -0.39 is 30.4 Å². The Morgan fingerprint density at radius 3 is 2.23 bits per heavy atom. The summed E-state index contributed by atoms with van der Waals surface area (Å²) in [5, 5.41) is 14.9. The molecule has 2 bridgehead atoms. The molecule has 35 heavy (non-hydrogen) atoms. The van der Waals surface area contributed by atoms with Gasteiger partial charge in [0.2, 0.25) is 5.91 Å². The molecule has 6 rings (SSSR count). The van der Waals surface area contributed by atoms with E-state index in [4.69, 9.17) is 4.74 Å². The lowest BCUT2D eigenvalue weighted by atomic mass is 9.47. The van der Waals surface area contributed by atoms with Gasteiger partial charge in [0.05, 0.1) is 6.42 Å². The van der Waals surface area contributed by atoms with Crippen molar-refractivity contribution in [1.29, 1.82) is 0 Å². The molecule has 2 aromatic rings. The Morgan fingerprint density at radius 2 is 1.66 bits per heavy atom. The Hall–Kier alpha value is -3.35. The maximum atomic E-state index is 13.0. The number of fused-ring (bicyclic) bond motifs is 5. The van der Waals surface area contributed by atoms with Gasteiger partial charge in [0.15, 0.2) is 0 Å². The third-order valence-electron chi connectivity index (χ3n) is 8.52. The summed E-state index contributed by atoms with van der Waals surface area (Å²) in [4.78, 5) is 37.1. The number of hydrogen-bond donors (Lipinski definition) is 3. The van der Waals surface area contributed by atoms with Crippen LogP contribution in [0.2, 0.25) is 0 Å². The quantitative estimate of drug-likeness (QED) is 0.552. The Kier molecular flexibility index (Phi) is 6.03. The SMILES string of the molecule is CC1(C)C2CCC(NC(=O)C(CC(=O)O)NC(=O)OCC3c4ccccc4-c4ccccc43)C1C2. The van der Waals surface area contributed by atoms with Crippen LogP contribution >= 0.6 is 0 Å². The Balaban J connectivity index is 1.23. The number of alkyl carbamates (subject to hydrolysis) is 1. The largest absolute Gasteiger partial charge is 0.481 e. The van der Waals surface area contributed by atoms with E-state index in [9.17, 15) is 19.5 Å². The van der Waals surface area contributed by atoms with Crippen molar-refractivity contribution in [2.24, 2.45) is 17.3 Å². The number of nitrogens with one attached hydrogen (secondary N) is 2. The van der Waals surface area contributed by atoms with Gasteiger partial charge in [-0.2, -0.15) is 0 Å². The number of benzene rings is 2. The van der Waals surface area contributed by atoms with Crippen LogP contribution in [0.5, 0.6) is 0 Å². The van der Waals surface area contributed by atoms with Crippen LogP contribution in [0.3, 0.4) is 0 Å². The smallest absolute Gasteiger partial charge is 0.407 e. The third kappa shape index (κ3) is 4.28. The molecule has 0 aliphatic heterocycles. The van der Waals surface area contributed by atoms with Gasteiger partial charge in [0.1, 0.15) is 12.6 Å². The van der Waals surface area contributed by atoms with Gasteiger partial charge < -0.3 is 20.5 Å². The Labute approximate surface area is 205 Å². The highest BCUT2D eigenvalue weighted by Gasteiger charge is 2.54. The van der Waals surface area contributed by atoms with Gasteiger partial charge >= 0.3 is 12.1 Å². The molecule has 2 aromatic carbocycles. The van der Waals surface area contributed by atoms with Gasteiger partial charge in [-0.05, 0) is 58.8 Å². The van der Waals surface area contributed by atoms with E-state index in [0.29, 0.717) is 11.8 Å². The molecule has 4 atom stereocenters. The first-order valence-corrected chi connectivity index (χ1v) is 12.4. The van der Waals surface area contributed by atoms with Gasteiger partial charge in [0.25, 0.3) is 0 Å². The van der Waals surface area contributed by atoms with Gasteiger partial charge in [-0.3, -0.25) is 9.59 Å². The van der Waals surface area contributed by atoms with Crippen LogP contribution in [0, 0.1) is 17.3 Å². The second-order valence-electron chi connectivity index (χ2n) is 10.7. The molecule has 3 saturated carbocycles. The molecule has 4 aliphatic rings. The van der Waals surface area contributed by atoms with Crippen LogP contribution in [-0.4, -0.2) is 41.8 Å². The third-order valence-corrected chi connectivity index (χ3v) is 8.52. The lowest BCUT2D eigenvalue weighted by Crippen LogP contribution is -2.61. The van der Waals surface area contributed by atoms with Crippen LogP contribution in [-0.2, 0) is 14.3 Å². The number of carboxylic acid groups (broad SMARTS) is 1. The second-order valence-corrected chi connectivity index (χ2v) is 10.7. The summed E-state index contributed by atoms with van der Waals surface area (Å²) >= 11 is 0. The van der Waals surface area contributed by atoms with Crippen molar-refractivity contribution in [2.45, 2.75) is 57.5 Å². The van der Waals surface area contributed by atoms with Gasteiger partial charge in [-0.15, -0.1) is 0 Å². The zero-order valence-electron chi connectivity index (χ0n) is 20.1. The summed E-state index contributed by atoms with van der Waals surface area (Å²) in [7, 11) is 0. The van der Waals surface area contributed by atoms with E-state index in [1.165, 1.54) is 0 Å². The summed E-state index contributed by atoms with van der Waals surface area (Å²) in [6.45, 7) is 4.56. The molecule has 7 nitrogen and oxygen atoms in total. The fraction of sp³-hybridized carbons (Fsp3) is 0.464. The van der Waals surface area contributed by atoms with E-state index in [1.807, 2.05) is 36.4 Å². The molecular weight excluding hydrogens is 444 g/mol. The first-order chi connectivity index (χ1) is 16.8. The van der Waals surface area contributed by atoms with E-state index in [0.717, 1.165) is 41.5 Å². The normalized spacial score (nSPS) is 24.3. The summed E-state index contributed by atoms with van der Waals surface area (Å²) < 4.78 is 5.53. The van der Waals surface area contributed by atoms with Gasteiger partial charge in [-0.25, -0.2) is 4.79 Å².